The molecular formula is C14H17BrO2. The van der Waals surface area contributed by atoms with Crippen LogP contribution in [0.4, 0.5) is 0 Å². The Hall–Kier alpha value is -0.540. The molecule has 0 saturated heterocycles. The van der Waals surface area contributed by atoms with Gasteiger partial charge < -0.3 is 9.84 Å². The normalized spacial score (nSPS) is 20.9. The van der Waals surface area contributed by atoms with Crippen LogP contribution < -0.4 is 4.74 Å². The fourth-order valence-electron chi connectivity index (χ4n) is 2.75. The van der Waals surface area contributed by atoms with E-state index in [0.717, 1.165) is 28.8 Å². The highest BCUT2D eigenvalue weighted by Crippen LogP contribution is 2.57. The minimum Gasteiger partial charge on any atom is -0.493 e. The molecule has 1 aromatic rings. The summed E-state index contributed by atoms with van der Waals surface area (Å²) in [7, 11) is 0. The minimum absolute atomic E-state index is 0.345. The van der Waals surface area contributed by atoms with Crippen molar-refractivity contribution in [2.75, 3.05) is 6.61 Å². The molecule has 2 aliphatic rings. The maximum atomic E-state index is 10.3. The van der Waals surface area contributed by atoms with E-state index in [1.54, 1.807) is 0 Å². The van der Waals surface area contributed by atoms with E-state index in [2.05, 4.69) is 22.0 Å². The Morgan fingerprint density at radius 2 is 2.00 bits per heavy atom. The van der Waals surface area contributed by atoms with Crippen LogP contribution >= 0.6 is 15.9 Å². The topological polar surface area (TPSA) is 29.5 Å². The predicted molar refractivity (Wildman–Crippen MR) is 70.4 cm³/mol. The summed E-state index contributed by atoms with van der Waals surface area (Å²) in [5.74, 6) is 0.921. The molecule has 1 heterocycles. The van der Waals surface area contributed by atoms with E-state index in [1.165, 1.54) is 18.4 Å². The first-order valence-electron chi connectivity index (χ1n) is 6.12. The summed E-state index contributed by atoms with van der Waals surface area (Å²) >= 11 is 3.55. The average molecular weight is 297 g/mol. The summed E-state index contributed by atoms with van der Waals surface area (Å²) in [4.78, 5) is 0. The van der Waals surface area contributed by atoms with Crippen molar-refractivity contribution in [3.05, 3.63) is 27.7 Å². The molecule has 3 rings (SSSR count). The molecule has 92 valence electrons. The van der Waals surface area contributed by atoms with Crippen molar-refractivity contribution in [2.45, 2.75) is 44.1 Å². The molecule has 1 aliphatic carbocycles. The standard InChI is InChI=1S/C14H17BrO2/c1-13(2,16)10-7-9(15)8-11-12(10)17-6-5-14(11)3-4-14/h7-8,16H,3-6H2,1-2H3. The third-order valence-electron chi connectivity index (χ3n) is 3.96. The van der Waals surface area contributed by atoms with E-state index in [9.17, 15) is 5.11 Å². The smallest absolute Gasteiger partial charge is 0.129 e. The molecule has 1 aromatic carbocycles. The second-order valence-corrected chi connectivity index (χ2v) is 6.68. The van der Waals surface area contributed by atoms with Gasteiger partial charge in [0.05, 0.1) is 12.2 Å². The van der Waals surface area contributed by atoms with Gasteiger partial charge in [0.2, 0.25) is 0 Å². The lowest BCUT2D eigenvalue weighted by molar-refractivity contribution is 0.0732. The van der Waals surface area contributed by atoms with Crippen LogP contribution in [0.2, 0.25) is 0 Å². The minimum atomic E-state index is -0.860. The fraction of sp³-hybridized carbons (Fsp3) is 0.571. The predicted octanol–water partition coefficient (Wildman–Crippen LogP) is 3.49. The lowest BCUT2D eigenvalue weighted by Gasteiger charge is -2.31. The van der Waals surface area contributed by atoms with E-state index in [4.69, 9.17) is 4.74 Å². The van der Waals surface area contributed by atoms with Crippen molar-refractivity contribution in [2.24, 2.45) is 0 Å². The Morgan fingerprint density at radius 3 is 2.59 bits per heavy atom. The molecule has 0 radical (unpaired) electrons. The zero-order valence-corrected chi connectivity index (χ0v) is 11.8. The lowest BCUT2D eigenvalue weighted by atomic mass is 9.85. The maximum absolute atomic E-state index is 10.3. The SMILES string of the molecule is CC(C)(O)c1cc(Br)cc2c1OCCC21CC1. The van der Waals surface area contributed by atoms with Crippen molar-refractivity contribution in [3.8, 4) is 5.75 Å². The Balaban J connectivity index is 2.22. The Morgan fingerprint density at radius 1 is 1.29 bits per heavy atom. The molecule has 1 fully saturated rings. The molecule has 0 atom stereocenters. The molecule has 0 amide bonds. The second kappa shape index (κ2) is 3.48. The molecule has 1 spiro atoms. The first kappa shape index (κ1) is 11.5. The third-order valence-corrected chi connectivity index (χ3v) is 4.42. The summed E-state index contributed by atoms with van der Waals surface area (Å²) in [6, 6.07) is 4.14. The largest absolute Gasteiger partial charge is 0.493 e. The van der Waals surface area contributed by atoms with Crippen LogP contribution in [0.15, 0.2) is 16.6 Å². The van der Waals surface area contributed by atoms with Crippen LogP contribution in [-0.2, 0) is 11.0 Å². The zero-order valence-electron chi connectivity index (χ0n) is 10.2. The van der Waals surface area contributed by atoms with Gasteiger partial charge in [-0.1, -0.05) is 15.9 Å². The van der Waals surface area contributed by atoms with Crippen LogP contribution in [0.5, 0.6) is 5.75 Å². The van der Waals surface area contributed by atoms with Crippen LogP contribution in [0.1, 0.15) is 44.2 Å². The number of aliphatic hydroxyl groups is 1. The van der Waals surface area contributed by atoms with Gasteiger partial charge in [-0.2, -0.15) is 0 Å². The van der Waals surface area contributed by atoms with Gasteiger partial charge in [-0.3, -0.25) is 0 Å². The Kier molecular flexibility index (Phi) is 2.37. The molecular weight excluding hydrogens is 280 g/mol. The van der Waals surface area contributed by atoms with Crippen LogP contribution in [0.25, 0.3) is 0 Å². The number of fused-ring (bicyclic) bond motifs is 2. The summed E-state index contributed by atoms with van der Waals surface area (Å²) in [5.41, 5.74) is 1.67. The highest BCUT2D eigenvalue weighted by molar-refractivity contribution is 9.10. The number of ether oxygens (including phenoxy) is 1. The van der Waals surface area contributed by atoms with Gasteiger partial charge in [-0.05, 0) is 45.2 Å². The summed E-state index contributed by atoms with van der Waals surface area (Å²) in [6.45, 7) is 4.40. The van der Waals surface area contributed by atoms with E-state index in [-0.39, 0.29) is 0 Å². The average Bonchev–Trinajstić information content (AvgIpc) is 2.98. The van der Waals surface area contributed by atoms with Gasteiger partial charge in [-0.25, -0.2) is 0 Å². The first-order valence-corrected chi connectivity index (χ1v) is 6.91. The van der Waals surface area contributed by atoms with E-state index in [0.29, 0.717) is 5.41 Å². The van der Waals surface area contributed by atoms with Crippen molar-refractivity contribution in [1.82, 2.24) is 0 Å². The number of hydrogen-bond donors (Lipinski definition) is 1. The van der Waals surface area contributed by atoms with Crippen molar-refractivity contribution < 1.29 is 9.84 Å². The molecule has 0 unspecified atom stereocenters. The molecule has 17 heavy (non-hydrogen) atoms. The highest BCUT2D eigenvalue weighted by atomic mass is 79.9. The number of rotatable bonds is 1. The monoisotopic (exact) mass is 296 g/mol. The summed E-state index contributed by atoms with van der Waals surface area (Å²) in [5, 5.41) is 10.3. The number of hydrogen-bond acceptors (Lipinski definition) is 2. The fourth-order valence-corrected chi connectivity index (χ4v) is 3.21. The van der Waals surface area contributed by atoms with Gasteiger partial charge >= 0.3 is 0 Å². The van der Waals surface area contributed by atoms with E-state index in [1.807, 2.05) is 19.9 Å². The van der Waals surface area contributed by atoms with Gasteiger partial charge in [0.25, 0.3) is 0 Å². The summed E-state index contributed by atoms with van der Waals surface area (Å²) < 4.78 is 6.86. The van der Waals surface area contributed by atoms with Crippen molar-refractivity contribution in [1.29, 1.82) is 0 Å². The number of benzene rings is 1. The van der Waals surface area contributed by atoms with Gasteiger partial charge in [0.15, 0.2) is 0 Å². The van der Waals surface area contributed by atoms with Crippen LogP contribution in [0, 0.1) is 0 Å². The Bertz CT molecular complexity index is 453. The number of halogens is 1. The zero-order chi connectivity index (χ0) is 12.3. The molecule has 2 nitrogen and oxygen atoms in total. The molecule has 1 aliphatic heterocycles. The van der Waals surface area contributed by atoms with Crippen molar-refractivity contribution in [3.63, 3.8) is 0 Å². The second-order valence-electron chi connectivity index (χ2n) is 5.77. The molecule has 0 bridgehead atoms. The van der Waals surface area contributed by atoms with Crippen LogP contribution in [-0.4, -0.2) is 11.7 Å². The lowest BCUT2D eigenvalue weighted by Crippen LogP contribution is -2.25. The van der Waals surface area contributed by atoms with Crippen LogP contribution in [0.3, 0.4) is 0 Å². The van der Waals surface area contributed by atoms with Gasteiger partial charge in [0, 0.05) is 21.0 Å². The molecule has 1 N–H and O–H groups in total. The molecule has 1 saturated carbocycles. The van der Waals surface area contributed by atoms with E-state index >= 15 is 0 Å². The first-order chi connectivity index (χ1) is 7.92. The maximum Gasteiger partial charge on any atom is 0.129 e. The summed E-state index contributed by atoms with van der Waals surface area (Å²) in [6.07, 6.45) is 3.62. The van der Waals surface area contributed by atoms with Gasteiger partial charge in [-0.15, -0.1) is 0 Å². The Labute approximate surface area is 110 Å². The third kappa shape index (κ3) is 1.80. The quantitative estimate of drug-likeness (QED) is 0.860. The van der Waals surface area contributed by atoms with E-state index < -0.39 is 5.60 Å². The van der Waals surface area contributed by atoms with Gasteiger partial charge in [0.1, 0.15) is 5.75 Å². The van der Waals surface area contributed by atoms with Crippen molar-refractivity contribution >= 4 is 15.9 Å². The molecule has 3 heteroatoms. The highest BCUT2D eigenvalue weighted by Gasteiger charge is 2.49. The molecule has 0 aromatic heterocycles.